The molecule has 0 saturated heterocycles. The van der Waals surface area contributed by atoms with Gasteiger partial charge in [0.15, 0.2) is 15.6 Å². The first-order valence-electron chi connectivity index (χ1n) is 5.77. The molecule has 0 unspecified atom stereocenters. The molecule has 2 aromatic rings. The van der Waals surface area contributed by atoms with Crippen molar-refractivity contribution in [3.63, 3.8) is 0 Å². The number of ketones is 1. The van der Waals surface area contributed by atoms with Crippen LogP contribution in [0.1, 0.15) is 10.4 Å². The van der Waals surface area contributed by atoms with Crippen LogP contribution < -0.4 is 0 Å². The van der Waals surface area contributed by atoms with E-state index in [1.165, 1.54) is 30.3 Å². The van der Waals surface area contributed by atoms with Gasteiger partial charge in [-0.05, 0) is 36.4 Å². The van der Waals surface area contributed by atoms with E-state index >= 15 is 0 Å². The molecule has 0 aliphatic rings. The molecule has 0 aromatic heterocycles. The minimum atomic E-state index is -3.99. The fraction of sp³-hybridized carbons (Fsp3) is 0.0714. The average molecular weight is 347 g/mol. The lowest BCUT2D eigenvalue weighted by Gasteiger charge is -2.08. The van der Waals surface area contributed by atoms with Crippen LogP contribution in [0.25, 0.3) is 0 Å². The topological polar surface area (TPSA) is 51.2 Å². The van der Waals surface area contributed by atoms with Gasteiger partial charge in [0.05, 0.1) is 10.0 Å². The van der Waals surface area contributed by atoms with Crippen molar-refractivity contribution in [1.29, 1.82) is 0 Å². The lowest BCUT2D eigenvalue weighted by Crippen LogP contribution is -2.17. The summed E-state index contributed by atoms with van der Waals surface area (Å²) in [4.78, 5) is 11.7. The molecule has 0 bridgehead atoms. The monoisotopic (exact) mass is 346 g/mol. The van der Waals surface area contributed by atoms with E-state index in [4.69, 9.17) is 23.2 Å². The first kappa shape index (κ1) is 15.9. The number of hydrogen-bond acceptors (Lipinski definition) is 3. The van der Waals surface area contributed by atoms with Crippen molar-refractivity contribution < 1.29 is 17.6 Å². The lowest BCUT2D eigenvalue weighted by molar-refractivity contribution is 0.102. The predicted octanol–water partition coefficient (Wildman–Crippen LogP) is 3.79. The third-order valence-electron chi connectivity index (χ3n) is 2.72. The van der Waals surface area contributed by atoms with Crippen molar-refractivity contribution in [3.05, 3.63) is 63.9 Å². The van der Waals surface area contributed by atoms with Crippen LogP contribution in [-0.4, -0.2) is 20.0 Å². The Hall–Kier alpha value is -1.43. The Morgan fingerprint density at radius 2 is 1.52 bits per heavy atom. The van der Waals surface area contributed by atoms with Crippen LogP contribution in [0.3, 0.4) is 0 Å². The largest absolute Gasteiger partial charge is 0.293 e. The Kier molecular flexibility index (Phi) is 4.66. The summed E-state index contributed by atoms with van der Waals surface area (Å²) in [6, 6.07) is 8.88. The molecular formula is C14H9Cl2FO3S. The van der Waals surface area contributed by atoms with Crippen LogP contribution in [0.4, 0.5) is 4.39 Å². The molecule has 0 radical (unpaired) electrons. The minimum Gasteiger partial charge on any atom is -0.293 e. The molecule has 0 N–H and O–H groups in total. The number of rotatable bonds is 4. The molecule has 0 amide bonds. The van der Waals surface area contributed by atoms with E-state index in [9.17, 15) is 17.6 Å². The maximum Gasteiger partial charge on any atom is 0.188 e. The van der Waals surface area contributed by atoms with E-state index in [0.717, 1.165) is 12.1 Å². The summed E-state index contributed by atoms with van der Waals surface area (Å²) in [5.74, 6) is -1.96. The van der Waals surface area contributed by atoms with Gasteiger partial charge in [0, 0.05) is 5.56 Å². The maximum absolute atomic E-state index is 12.8. The van der Waals surface area contributed by atoms with Crippen molar-refractivity contribution in [3.8, 4) is 0 Å². The molecule has 2 rings (SSSR count). The molecular weight excluding hydrogens is 338 g/mol. The van der Waals surface area contributed by atoms with Gasteiger partial charge in [0.2, 0.25) is 0 Å². The van der Waals surface area contributed by atoms with Crippen molar-refractivity contribution >= 4 is 38.8 Å². The Bertz CT molecular complexity index is 766. The van der Waals surface area contributed by atoms with Gasteiger partial charge in [-0.1, -0.05) is 29.3 Å². The van der Waals surface area contributed by atoms with Crippen molar-refractivity contribution in [1.82, 2.24) is 0 Å². The highest BCUT2D eigenvalue weighted by molar-refractivity contribution is 7.92. The molecule has 3 nitrogen and oxygen atoms in total. The van der Waals surface area contributed by atoms with E-state index in [1.54, 1.807) is 0 Å². The Morgan fingerprint density at radius 1 is 1.00 bits per heavy atom. The van der Waals surface area contributed by atoms with Gasteiger partial charge in [-0.3, -0.25) is 4.79 Å². The van der Waals surface area contributed by atoms with E-state index < -0.39 is 27.2 Å². The molecule has 0 saturated carbocycles. The molecule has 2 aromatic carbocycles. The van der Waals surface area contributed by atoms with Crippen LogP contribution in [0.15, 0.2) is 47.4 Å². The zero-order valence-corrected chi connectivity index (χ0v) is 12.8. The van der Waals surface area contributed by atoms with Crippen molar-refractivity contribution in [2.45, 2.75) is 4.90 Å². The van der Waals surface area contributed by atoms with E-state index in [-0.39, 0.29) is 20.5 Å². The van der Waals surface area contributed by atoms with Gasteiger partial charge in [-0.25, -0.2) is 12.8 Å². The maximum atomic E-state index is 12.8. The van der Waals surface area contributed by atoms with Crippen LogP contribution >= 0.6 is 23.2 Å². The average Bonchev–Trinajstić information content (AvgIpc) is 2.38. The third kappa shape index (κ3) is 3.61. The second kappa shape index (κ2) is 6.13. The second-order valence-electron chi connectivity index (χ2n) is 4.24. The van der Waals surface area contributed by atoms with Crippen LogP contribution in [0.2, 0.25) is 10.0 Å². The molecule has 0 heterocycles. The number of Topliss-reactive ketones (excluding diaryl/α,β-unsaturated/α-hetero) is 1. The number of sulfone groups is 1. The zero-order chi connectivity index (χ0) is 15.6. The van der Waals surface area contributed by atoms with Gasteiger partial charge < -0.3 is 0 Å². The fourth-order valence-corrected chi connectivity index (χ4v) is 4.23. The first-order valence-corrected chi connectivity index (χ1v) is 8.17. The molecule has 0 fully saturated rings. The normalized spacial score (nSPS) is 11.4. The second-order valence-corrected chi connectivity index (χ2v) is 6.98. The molecule has 0 aliphatic heterocycles. The standard InChI is InChI=1S/C14H9Cl2FO3S/c15-11-2-1-3-12(16)14(11)21(19,20)8-13(18)9-4-6-10(17)7-5-9/h1-7H,8H2. The smallest absolute Gasteiger partial charge is 0.188 e. The quantitative estimate of drug-likeness (QED) is 0.791. The third-order valence-corrected chi connectivity index (χ3v) is 5.28. The summed E-state index contributed by atoms with van der Waals surface area (Å²) in [6.45, 7) is 0. The summed E-state index contributed by atoms with van der Waals surface area (Å²) in [5, 5.41) is -0.0937. The minimum absolute atomic E-state index is 0.0468. The van der Waals surface area contributed by atoms with E-state index in [2.05, 4.69) is 0 Å². The summed E-state index contributed by atoms with van der Waals surface area (Å²) in [5.41, 5.74) is 0.100. The van der Waals surface area contributed by atoms with Gasteiger partial charge in [-0.2, -0.15) is 0 Å². The number of carbonyl (C=O) groups is 1. The number of hydrogen-bond donors (Lipinski definition) is 0. The van der Waals surface area contributed by atoms with Gasteiger partial charge in [0.25, 0.3) is 0 Å². The zero-order valence-electron chi connectivity index (χ0n) is 10.5. The first-order chi connectivity index (χ1) is 9.81. The Labute approximate surface area is 131 Å². The highest BCUT2D eigenvalue weighted by atomic mass is 35.5. The van der Waals surface area contributed by atoms with Gasteiger partial charge in [0.1, 0.15) is 16.5 Å². The van der Waals surface area contributed by atoms with Crippen LogP contribution in [0, 0.1) is 5.82 Å². The summed E-state index contributed by atoms with van der Waals surface area (Å²) in [6.07, 6.45) is 0. The number of halogens is 3. The van der Waals surface area contributed by atoms with Crippen molar-refractivity contribution in [2.75, 3.05) is 5.75 Å². The molecule has 110 valence electrons. The van der Waals surface area contributed by atoms with Crippen molar-refractivity contribution in [2.24, 2.45) is 0 Å². The van der Waals surface area contributed by atoms with E-state index in [0.29, 0.717) is 0 Å². The molecule has 7 heteroatoms. The number of benzene rings is 2. The summed E-state index contributed by atoms with van der Waals surface area (Å²) < 4.78 is 37.3. The van der Waals surface area contributed by atoms with Crippen LogP contribution in [-0.2, 0) is 9.84 Å². The highest BCUT2D eigenvalue weighted by Crippen LogP contribution is 2.30. The molecule has 21 heavy (non-hydrogen) atoms. The number of carbonyl (C=O) groups excluding carboxylic acids is 1. The lowest BCUT2D eigenvalue weighted by atomic mass is 10.1. The Balaban J connectivity index is 2.34. The van der Waals surface area contributed by atoms with Gasteiger partial charge >= 0.3 is 0 Å². The van der Waals surface area contributed by atoms with E-state index in [1.807, 2.05) is 0 Å². The Morgan fingerprint density at radius 3 is 2.05 bits per heavy atom. The predicted molar refractivity (Wildman–Crippen MR) is 79.2 cm³/mol. The summed E-state index contributed by atoms with van der Waals surface area (Å²) in [7, 11) is -3.99. The highest BCUT2D eigenvalue weighted by Gasteiger charge is 2.25. The fourth-order valence-electron chi connectivity index (χ4n) is 1.74. The van der Waals surface area contributed by atoms with Gasteiger partial charge in [-0.15, -0.1) is 0 Å². The molecule has 0 atom stereocenters. The summed E-state index contributed by atoms with van der Waals surface area (Å²) >= 11 is 11.7. The SMILES string of the molecule is O=C(CS(=O)(=O)c1c(Cl)cccc1Cl)c1ccc(F)cc1. The molecule has 0 spiro atoms. The molecule has 0 aliphatic carbocycles. The van der Waals surface area contributed by atoms with Crippen LogP contribution in [0.5, 0.6) is 0 Å².